The fourth-order valence-corrected chi connectivity index (χ4v) is 1.40. The Bertz CT molecular complexity index is 254. The van der Waals surface area contributed by atoms with E-state index in [2.05, 4.69) is 5.32 Å². The summed E-state index contributed by atoms with van der Waals surface area (Å²) >= 11 is 0. The lowest BCUT2D eigenvalue weighted by Gasteiger charge is -2.26. The third-order valence-corrected chi connectivity index (χ3v) is 2.25. The molecule has 1 amide bonds. The maximum Gasteiger partial charge on any atom is 0.216 e. The van der Waals surface area contributed by atoms with Gasteiger partial charge in [0, 0.05) is 34.1 Å². The number of carbonyl (C=O) groups excluding carboxylic acids is 1. The van der Waals surface area contributed by atoms with Gasteiger partial charge in [-0.15, -0.1) is 0 Å². The fourth-order valence-electron chi connectivity index (χ4n) is 1.40. The van der Waals surface area contributed by atoms with E-state index in [0.717, 1.165) is 0 Å². The lowest BCUT2D eigenvalue weighted by atomic mass is 10.2. The smallest absolute Gasteiger partial charge is 0.216 e. The molecule has 1 aliphatic heterocycles. The van der Waals surface area contributed by atoms with Crippen molar-refractivity contribution in [3.63, 3.8) is 0 Å². The van der Waals surface area contributed by atoms with Gasteiger partial charge in [-0.3, -0.25) is 4.79 Å². The predicted molar refractivity (Wildman–Crippen MR) is 54.1 cm³/mol. The van der Waals surface area contributed by atoms with E-state index >= 15 is 0 Å². The molecule has 1 N–H and O–H groups in total. The Labute approximate surface area is 89.4 Å². The van der Waals surface area contributed by atoms with Crippen LogP contribution in [-0.4, -0.2) is 38.7 Å². The van der Waals surface area contributed by atoms with Gasteiger partial charge in [0.1, 0.15) is 0 Å². The zero-order valence-corrected chi connectivity index (χ0v) is 9.28. The molecule has 0 aromatic rings. The van der Waals surface area contributed by atoms with Gasteiger partial charge in [0.2, 0.25) is 5.91 Å². The summed E-state index contributed by atoms with van der Waals surface area (Å²) in [6.45, 7) is 1.98. The number of hydrogen-bond donors (Lipinski definition) is 1. The van der Waals surface area contributed by atoms with Crippen LogP contribution in [0.3, 0.4) is 0 Å². The Hall–Kier alpha value is -0.910. The van der Waals surface area contributed by atoms with E-state index in [1.54, 1.807) is 20.3 Å². The number of methoxy groups -OCH3 is 2. The van der Waals surface area contributed by atoms with Crippen LogP contribution < -0.4 is 5.32 Å². The molecule has 0 spiro atoms. The van der Waals surface area contributed by atoms with E-state index in [-0.39, 0.29) is 12.2 Å². The summed E-state index contributed by atoms with van der Waals surface area (Å²) in [6, 6.07) is 0. The SMILES string of the molecule is COC1C=CC(CCNC(C)=O)(OC)O1. The van der Waals surface area contributed by atoms with Crippen LogP contribution in [0.25, 0.3) is 0 Å². The average Bonchev–Trinajstić information content (AvgIpc) is 2.62. The van der Waals surface area contributed by atoms with Gasteiger partial charge in [-0.25, -0.2) is 0 Å². The number of nitrogens with one attached hydrogen (secondary N) is 1. The van der Waals surface area contributed by atoms with Crippen LogP contribution >= 0.6 is 0 Å². The predicted octanol–water partition coefficient (Wildman–Crippen LogP) is 0.414. The lowest BCUT2D eigenvalue weighted by molar-refractivity contribution is -0.244. The van der Waals surface area contributed by atoms with Gasteiger partial charge in [0.15, 0.2) is 12.1 Å². The van der Waals surface area contributed by atoms with Crippen molar-refractivity contribution >= 4 is 5.91 Å². The van der Waals surface area contributed by atoms with E-state index in [0.29, 0.717) is 13.0 Å². The molecule has 0 saturated heterocycles. The van der Waals surface area contributed by atoms with E-state index in [9.17, 15) is 4.79 Å². The molecule has 0 saturated carbocycles. The number of carbonyl (C=O) groups is 1. The second-order valence-corrected chi connectivity index (χ2v) is 3.33. The van der Waals surface area contributed by atoms with Crippen LogP contribution in [0, 0.1) is 0 Å². The monoisotopic (exact) mass is 215 g/mol. The summed E-state index contributed by atoms with van der Waals surface area (Å²) in [5.74, 6) is -0.838. The summed E-state index contributed by atoms with van der Waals surface area (Å²) < 4.78 is 15.8. The lowest BCUT2D eigenvalue weighted by Crippen LogP contribution is -2.36. The van der Waals surface area contributed by atoms with Crippen molar-refractivity contribution in [2.45, 2.75) is 25.4 Å². The van der Waals surface area contributed by atoms with Gasteiger partial charge in [-0.1, -0.05) is 0 Å². The average molecular weight is 215 g/mol. The molecule has 15 heavy (non-hydrogen) atoms. The molecule has 2 atom stereocenters. The van der Waals surface area contributed by atoms with Gasteiger partial charge in [-0.2, -0.15) is 0 Å². The van der Waals surface area contributed by atoms with Crippen molar-refractivity contribution in [1.82, 2.24) is 5.32 Å². The third-order valence-electron chi connectivity index (χ3n) is 2.25. The number of rotatable bonds is 5. The largest absolute Gasteiger partial charge is 0.356 e. The summed E-state index contributed by atoms with van der Waals surface area (Å²) in [5.41, 5.74) is 0. The molecule has 0 aliphatic carbocycles. The van der Waals surface area contributed by atoms with Crippen molar-refractivity contribution in [2.24, 2.45) is 0 Å². The molecule has 0 aromatic carbocycles. The highest BCUT2D eigenvalue weighted by Crippen LogP contribution is 2.27. The molecule has 0 bridgehead atoms. The maximum absolute atomic E-state index is 10.7. The highest BCUT2D eigenvalue weighted by molar-refractivity contribution is 5.72. The van der Waals surface area contributed by atoms with Crippen LogP contribution in [0.4, 0.5) is 0 Å². The van der Waals surface area contributed by atoms with Crippen LogP contribution in [-0.2, 0) is 19.0 Å². The zero-order valence-electron chi connectivity index (χ0n) is 9.28. The van der Waals surface area contributed by atoms with Gasteiger partial charge in [0.05, 0.1) is 0 Å². The molecule has 1 aliphatic rings. The molecule has 86 valence electrons. The first-order chi connectivity index (χ1) is 7.12. The van der Waals surface area contributed by atoms with Crippen molar-refractivity contribution in [3.8, 4) is 0 Å². The van der Waals surface area contributed by atoms with Gasteiger partial charge >= 0.3 is 0 Å². The van der Waals surface area contributed by atoms with Gasteiger partial charge in [0.25, 0.3) is 0 Å². The zero-order chi connectivity index (χ0) is 11.3. The first kappa shape index (κ1) is 12.2. The normalized spacial score (nSPS) is 29.4. The fraction of sp³-hybridized carbons (Fsp3) is 0.700. The van der Waals surface area contributed by atoms with Crippen molar-refractivity contribution in [1.29, 1.82) is 0 Å². The Morgan fingerprint density at radius 2 is 2.33 bits per heavy atom. The number of ether oxygens (including phenoxy) is 3. The summed E-state index contributed by atoms with van der Waals surface area (Å²) in [7, 11) is 3.13. The summed E-state index contributed by atoms with van der Waals surface area (Å²) in [4.78, 5) is 10.7. The Kier molecular flexibility index (Phi) is 4.26. The van der Waals surface area contributed by atoms with Crippen molar-refractivity contribution in [3.05, 3.63) is 12.2 Å². The second-order valence-electron chi connectivity index (χ2n) is 3.33. The second kappa shape index (κ2) is 5.25. The topological polar surface area (TPSA) is 56.8 Å². The van der Waals surface area contributed by atoms with E-state index in [1.807, 2.05) is 6.08 Å². The minimum atomic E-state index is -0.775. The molecule has 2 unspecified atom stereocenters. The van der Waals surface area contributed by atoms with Gasteiger partial charge < -0.3 is 19.5 Å². The molecular formula is C10H17NO4. The maximum atomic E-state index is 10.7. The highest BCUT2D eigenvalue weighted by atomic mass is 16.8. The van der Waals surface area contributed by atoms with Crippen molar-refractivity contribution < 1.29 is 19.0 Å². The highest BCUT2D eigenvalue weighted by Gasteiger charge is 2.35. The molecule has 0 fully saturated rings. The molecule has 0 aromatic heterocycles. The Morgan fingerprint density at radius 3 is 2.80 bits per heavy atom. The van der Waals surface area contributed by atoms with Crippen LogP contribution in [0.15, 0.2) is 12.2 Å². The minimum Gasteiger partial charge on any atom is -0.356 e. The number of hydrogen-bond acceptors (Lipinski definition) is 4. The van der Waals surface area contributed by atoms with Crippen LogP contribution in [0.2, 0.25) is 0 Å². The number of amides is 1. The molecule has 0 radical (unpaired) electrons. The first-order valence-corrected chi connectivity index (χ1v) is 4.81. The first-order valence-electron chi connectivity index (χ1n) is 4.81. The summed E-state index contributed by atoms with van der Waals surface area (Å²) in [5, 5.41) is 2.69. The van der Waals surface area contributed by atoms with Crippen molar-refractivity contribution in [2.75, 3.05) is 20.8 Å². The quantitative estimate of drug-likeness (QED) is 0.675. The van der Waals surface area contributed by atoms with Crippen LogP contribution in [0.1, 0.15) is 13.3 Å². The van der Waals surface area contributed by atoms with E-state index in [4.69, 9.17) is 14.2 Å². The van der Waals surface area contributed by atoms with E-state index in [1.165, 1.54) is 6.92 Å². The molecular weight excluding hydrogens is 198 g/mol. The molecule has 1 heterocycles. The molecule has 1 rings (SSSR count). The molecule has 5 heteroatoms. The van der Waals surface area contributed by atoms with Crippen LogP contribution in [0.5, 0.6) is 0 Å². The summed E-state index contributed by atoms with van der Waals surface area (Å²) in [6.07, 6.45) is 3.78. The minimum absolute atomic E-state index is 0.0634. The molecule has 5 nitrogen and oxygen atoms in total. The van der Waals surface area contributed by atoms with E-state index < -0.39 is 5.79 Å². The standard InChI is InChI=1S/C10H17NO4/c1-8(12)11-7-6-10(14-3)5-4-9(13-2)15-10/h4-5,9H,6-7H2,1-3H3,(H,11,12). The Morgan fingerprint density at radius 1 is 1.60 bits per heavy atom. The van der Waals surface area contributed by atoms with Gasteiger partial charge in [-0.05, 0) is 12.2 Å². The third kappa shape index (κ3) is 3.30. The Balaban J connectivity index is 2.42.